The summed E-state index contributed by atoms with van der Waals surface area (Å²) in [6, 6.07) is 10.4. The lowest BCUT2D eigenvalue weighted by Gasteiger charge is -2.33. The summed E-state index contributed by atoms with van der Waals surface area (Å²) >= 11 is 1.72. The molecular weight excluding hydrogens is 372 g/mol. The largest absolute Gasteiger partial charge is 0.479 e. The fraction of sp³-hybridized carbons (Fsp3) is 0.400. The molecule has 0 atom stereocenters. The number of nitrogens with one attached hydrogen (secondary N) is 1. The molecule has 0 aromatic carbocycles. The lowest BCUT2D eigenvalue weighted by atomic mass is 10.3. The van der Waals surface area contributed by atoms with E-state index in [1.807, 2.05) is 17.8 Å². The first-order valence-electron chi connectivity index (χ1n) is 9.43. The molecule has 1 saturated heterocycles. The molecule has 0 spiro atoms. The highest BCUT2D eigenvalue weighted by atomic mass is 32.1. The number of nitrogens with zero attached hydrogens (tertiary/aromatic N) is 5. The van der Waals surface area contributed by atoms with Gasteiger partial charge >= 0.3 is 0 Å². The topological polar surface area (TPSA) is 58.5 Å². The van der Waals surface area contributed by atoms with Crippen LogP contribution in [0.25, 0.3) is 10.6 Å². The fourth-order valence-electron chi connectivity index (χ4n) is 3.39. The highest BCUT2D eigenvalue weighted by molar-refractivity contribution is 7.13. The molecule has 3 aromatic heterocycles. The van der Waals surface area contributed by atoms with Gasteiger partial charge in [-0.15, -0.1) is 11.3 Å². The van der Waals surface area contributed by atoms with E-state index in [2.05, 4.69) is 56.9 Å². The van der Waals surface area contributed by atoms with Crippen LogP contribution in [0.2, 0.25) is 0 Å². The summed E-state index contributed by atoms with van der Waals surface area (Å²) in [6.45, 7) is 4.69. The first-order chi connectivity index (χ1) is 13.6. The molecular formula is C20H26N6OS. The molecule has 8 heteroatoms. The molecule has 4 rings (SSSR count). The van der Waals surface area contributed by atoms with Crippen LogP contribution < -0.4 is 15.0 Å². The number of ether oxygens (including phenoxy) is 1. The molecule has 0 aliphatic carbocycles. The first kappa shape index (κ1) is 18.8. The van der Waals surface area contributed by atoms with Crippen molar-refractivity contribution in [1.29, 1.82) is 0 Å². The second kappa shape index (κ2) is 8.20. The third-order valence-corrected chi connectivity index (χ3v) is 5.92. The molecule has 0 saturated carbocycles. The van der Waals surface area contributed by atoms with Gasteiger partial charge in [0.1, 0.15) is 5.82 Å². The predicted molar refractivity (Wildman–Crippen MR) is 114 cm³/mol. The summed E-state index contributed by atoms with van der Waals surface area (Å²) < 4.78 is 7.46. The fourth-order valence-corrected chi connectivity index (χ4v) is 4.16. The smallest absolute Gasteiger partial charge is 0.239 e. The van der Waals surface area contributed by atoms with E-state index in [9.17, 15) is 0 Å². The van der Waals surface area contributed by atoms with Gasteiger partial charge in [-0.25, -0.2) is 0 Å². The van der Waals surface area contributed by atoms with Gasteiger partial charge < -0.3 is 19.9 Å². The molecule has 0 amide bonds. The van der Waals surface area contributed by atoms with Crippen LogP contribution in [0.1, 0.15) is 5.69 Å². The summed E-state index contributed by atoms with van der Waals surface area (Å²) in [5.41, 5.74) is 2.99. The number of hydrogen-bond acceptors (Lipinski definition) is 7. The number of likely N-dealkylation sites (N-methyl/N-ethyl adjacent to an activating group) is 1. The molecule has 7 nitrogen and oxygen atoms in total. The predicted octanol–water partition coefficient (Wildman–Crippen LogP) is 2.92. The Kier molecular flexibility index (Phi) is 5.50. The first-order valence-corrected chi connectivity index (χ1v) is 10.3. The minimum atomic E-state index is 0.616. The SMILES string of the molecule is COc1nc(N2CCN(C)CC2)ccc1NCc1cc(-c2cccs2)n(C)n1. The molecule has 4 heterocycles. The van der Waals surface area contributed by atoms with Crippen molar-refractivity contribution in [3.05, 3.63) is 41.4 Å². The molecule has 0 bridgehead atoms. The Morgan fingerprint density at radius 1 is 1.14 bits per heavy atom. The lowest BCUT2D eigenvalue weighted by Crippen LogP contribution is -2.44. The molecule has 148 valence electrons. The summed E-state index contributed by atoms with van der Waals surface area (Å²) in [4.78, 5) is 10.6. The van der Waals surface area contributed by atoms with Crippen LogP contribution in [0.4, 0.5) is 11.5 Å². The van der Waals surface area contributed by atoms with Gasteiger partial charge in [-0.2, -0.15) is 10.1 Å². The minimum Gasteiger partial charge on any atom is -0.479 e. The quantitative estimate of drug-likeness (QED) is 0.689. The normalized spacial score (nSPS) is 15.0. The maximum Gasteiger partial charge on any atom is 0.239 e. The van der Waals surface area contributed by atoms with E-state index < -0.39 is 0 Å². The van der Waals surface area contributed by atoms with E-state index in [0.717, 1.165) is 49.1 Å². The lowest BCUT2D eigenvalue weighted by molar-refractivity contribution is 0.311. The molecule has 1 N–H and O–H groups in total. The van der Waals surface area contributed by atoms with Crippen molar-refractivity contribution in [3.8, 4) is 16.5 Å². The average Bonchev–Trinajstić information content (AvgIpc) is 3.36. The van der Waals surface area contributed by atoms with E-state index in [1.165, 1.54) is 4.88 Å². The van der Waals surface area contributed by atoms with Crippen molar-refractivity contribution >= 4 is 22.8 Å². The van der Waals surface area contributed by atoms with Crippen LogP contribution in [-0.4, -0.2) is 60.0 Å². The summed E-state index contributed by atoms with van der Waals surface area (Å²) in [6.07, 6.45) is 0. The van der Waals surface area contributed by atoms with Crippen LogP contribution in [0.3, 0.4) is 0 Å². The maximum absolute atomic E-state index is 5.54. The Morgan fingerprint density at radius 3 is 2.68 bits per heavy atom. The second-order valence-corrected chi connectivity index (χ2v) is 7.94. The number of pyridine rings is 1. The van der Waals surface area contributed by atoms with Crippen molar-refractivity contribution < 1.29 is 4.74 Å². The van der Waals surface area contributed by atoms with Gasteiger partial charge in [0.15, 0.2) is 0 Å². The van der Waals surface area contributed by atoms with Crippen LogP contribution in [0.5, 0.6) is 5.88 Å². The monoisotopic (exact) mass is 398 g/mol. The molecule has 1 aliphatic heterocycles. The number of piperazine rings is 1. The van der Waals surface area contributed by atoms with Crippen LogP contribution in [0.15, 0.2) is 35.7 Å². The number of aromatic nitrogens is 3. The number of anilines is 2. The Hall–Kier alpha value is -2.58. The molecule has 0 radical (unpaired) electrons. The van der Waals surface area contributed by atoms with Gasteiger partial charge in [-0.1, -0.05) is 6.07 Å². The number of hydrogen-bond donors (Lipinski definition) is 1. The van der Waals surface area contributed by atoms with Gasteiger partial charge in [0, 0.05) is 33.2 Å². The Labute approximate surface area is 169 Å². The van der Waals surface area contributed by atoms with Gasteiger partial charge in [-0.05, 0) is 36.7 Å². The van der Waals surface area contributed by atoms with Crippen molar-refractivity contribution in [3.63, 3.8) is 0 Å². The average molecular weight is 399 g/mol. The summed E-state index contributed by atoms with van der Waals surface area (Å²) in [5, 5.41) is 10.1. The Bertz CT molecular complexity index is 915. The molecule has 0 unspecified atom stereocenters. The summed E-state index contributed by atoms with van der Waals surface area (Å²) in [5.74, 6) is 1.58. The van der Waals surface area contributed by atoms with Gasteiger partial charge in [-0.3, -0.25) is 4.68 Å². The molecule has 1 fully saturated rings. The van der Waals surface area contributed by atoms with Gasteiger partial charge in [0.2, 0.25) is 5.88 Å². The molecule has 1 aliphatic rings. The van der Waals surface area contributed by atoms with E-state index in [0.29, 0.717) is 12.4 Å². The molecule has 3 aromatic rings. The Morgan fingerprint density at radius 2 is 1.96 bits per heavy atom. The third-order valence-electron chi connectivity index (χ3n) is 5.03. The van der Waals surface area contributed by atoms with Gasteiger partial charge in [0.25, 0.3) is 0 Å². The molecule has 28 heavy (non-hydrogen) atoms. The van der Waals surface area contributed by atoms with Crippen LogP contribution in [-0.2, 0) is 13.6 Å². The number of rotatable bonds is 6. The summed E-state index contributed by atoms with van der Waals surface area (Å²) in [7, 11) is 5.79. The van der Waals surface area contributed by atoms with Crippen molar-refractivity contribution in [1.82, 2.24) is 19.7 Å². The van der Waals surface area contributed by atoms with Crippen molar-refractivity contribution in [2.45, 2.75) is 6.54 Å². The van der Waals surface area contributed by atoms with Crippen molar-refractivity contribution in [2.75, 3.05) is 50.6 Å². The zero-order chi connectivity index (χ0) is 19.5. The third kappa shape index (κ3) is 3.98. The zero-order valence-corrected chi connectivity index (χ0v) is 17.4. The number of methoxy groups -OCH3 is 1. The van der Waals surface area contributed by atoms with Crippen LogP contribution >= 0.6 is 11.3 Å². The number of thiophene rings is 1. The van der Waals surface area contributed by atoms with Crippen LogP contribution in [0, 0.1) is 0 Å². The van der Waals surface area contributed by atoms with E-state index in [1.54, 1.807) is 18.4 Å². The van der Waals surface area contributed by atoms with Gasteiger partial charge in [0.05, 0.1) is 35.6 Å². The zero-order valence-electron chi connectivity index (χ0n) is 16.6. The van der Waals surface area contributed by atoms with E-state index >= 15 is 0 Å². The highest BCUT2D eigenvalue weighted by Crippen LogP contribution is 2.28. The standard InChI is InChI=1S/C20H26N6OS/c1-24-8-10-26(11-9-24)19-7-6-16(20(22-19)27-3)21-14-15-13-17(25(2)23-15)18-5-4-12-28-18/h4-7,12-13,21H,8-11,14H2,1-3H3. The Balaban J connectivity index is 1.45. The maximum atomic E-state index is 5.54. The van der Waals surface area contributed by atoms with E-state index in [4.69, 9.17) is 9.72 Å². The van der Waals surface area contributed by atoms with Crippen molar-refractivity contribution in [2.24, 2.45) is 7.05 Å². The minimum absolute atomic E-state index is 0.616. The second-order valence-electron chi connectivity index (χ2n) is 6.99. The number of aryl methyl sites for hydroxylation is 1. The highest BCUT2D eigenvalue weighted by Gasteiger charge is 2.17. The van der Waals surface area contributed by atoms with E-state index in [-0.39, 0.29) is 0 Å².